The Morgan fingerprint density at radius 1 is 1.67 bits per heavy atom. The average Bonchev–Trinajstić information content (AvgIpc) is 2.58. The van der Waals surface area contributed by atoms with Crippen molar-refractivity contribution in [1.82, 2.24) is 9.38 Å². The number of rotatable bonds is 2. The van der Waals surface area contributed by atoms with Gasteiger partial charge in [0.15, 0.2) is 0 Å². The molecule has 5 nitrogen and oxygen atoms in total. The molecule has 78 valence electrons. The molecule has 0 aliphatic heterocycles. The Hall–Kier alpha value is -1.31. The highest BCUT2D eigenvalue weighted by atomic mass is 127. The van der Waals surface area contributed by atoms with Crippen molar-refractivity contribution in [3.63, 3.8) is 0 Å². The molecule has 0 amide bonds. The van der Waals surface area contributed by atoms with Crippen LogP contribution in [0.15, 0.2) is 18.5 Å². The summed E-state index contributed by atoms with van der Waals surface area (Å²) in [4.78, 5) is 15.1. The zero-order chi connectivity index (χ0) is 11.0. The summed E-state index contributed by atoms with van der Waals surface area (Å²) in [7, 11) is 1.44. The molecule has 2 rings (SSSR count). The Morgan fingerprint density at radius 2 is 2.40 bits per heavy atom. The van der Waals surface area contributed by atoms with E-state index in [4.69, 9.17) is 9.84 Å². The first-order chi connectivity index (χ1) is 7.13. The molecule has 0 aromatic carbocycles. The van der Waals surface area contributed by atoms with Crippen molar-refractivity contribution in [3.05, 3.63) is 27.7 Å². The lowest BCUT2D eigenvalue weighted by Gasteiger charge is -2.05. The van der Waals surface area contributed by atoms with Gasteiger partial charge >= 0.3 is 5.97 Å². The molecule has 0 saturated carbocycles. The molecule has 0 atom stereocenters. The highest BCUT2D eigenvalue weighted by Gasteiger charge is 2.13. The molecular weight excluding hydrogens is 311 g/mol. The molecule has 0 saturated heterocycles. The van der Waals surface area contributed by atoms with Gasteiger partial charge in [0.2, 0.25) is 0 Å². The monoisotopic (exact) mass is 318 g/mol. The predicted molar refractivity (Wildman–Crippen MR) is 61.4 cm³/mol. The first-order valence-corrected chi connectivity index (χ1v) is 5.15. The third-order valence-corrected chi connectivity index (χ3v) is 2.81. The van der Waals surface area contributed by atoms with Crippen LogP contribution in [0.3, 0.4) is 0 Å². The number of nitrogens with zero attached hydrogens (tertiary/aromatic N) is 2. The number of carbonyl (C=O) groups is 1. The van der Waals surface area contributed by atoms with E-state index in [-0.39, 0.29) is 5.56 Å². The highest BCUT2D eigenvalue weighted by molar-refractivity contribution is 14.1. The SMILES string of the molecule is COc1cc2ncc(I)n2cc1C(=O)O. The number of carboxylic acids is 1. The minimum atomic E-state index is -1.02. The number of pyridine rings is 1. The van der Waals surface area contributed by atoms with E-state index in [1.807, 2.05) is 0 Å². The maximum Gasteiger partial charge on any atom is 0.341 e. The standard InChI is InChI=1S/C9H7IN2O3/c1-15-6-2-8-11-3-7(10)12(8)4-5(6)9(13)14/h2-4H,1H3,(H,13,14). The van der Waals surface area contributed by atoms with Crippen LogP contribution in [0.5, 0.6) is 5.75 Å². The third-order valence-electron chi connectivity index (χ3n) is 2.01. The van der Waals surface area contributed by atoms with Crippen molar-refractivity contribution in [2.75, 3.05) is 7.11 Å². The maximum absolute atomic E-state index is 10.9. The molecule has 0 fully saturated rings. The molecule has 0 aliphatic rings. The van der Waals surface area contributed by atoms with Crippen LogP contribution in [-0.2, 0) is 0 Å². The minimum Gasteiger partial charge on any atom is -0.496 e. The number of imidazole rings is 1. The summed E-state index contributed by atoms with van der Waals surface area (Å²) in [6.45, 7) is 0. The zero-order valence-electron chi connectivity index (χ0n) is 7.77. The number of hydrogen-bond acceptors (Lipinski definition) is 3. The number of fused-ring (bicyclic) bond motifs is 1. The number of hydrogen-bond donors (Lipinski definition) is 1. The summed E-state index contributed by atoms with van der Waals surface area (Å²) < 4.78 is 7.54. The van der Waals surface area contributed by atoms with Crippen LogP contribution in [0, 0.1) is 3.70 Å². The second-order valence-corrected chi connectivity index (χ2v) is 3.98. The van der Waals surface area contributed by atoms with Crippen LogP contribution in [0.1, 0.15) is 10.4 Å². The normalized spacial score (nSPS) is 10.5. The van der Waals surface area contributed by atoms with Crippen LogP contribution in [0.25, 0.3) is 5.65 Å². The lowest BCUT2D eigenvalue weighted by Crippen LogP contribution is -2.03. The fourth-order valence-corrected chi connectivity index (χ4v) is 1.83. The van der Waals surface area contributed by atoms with Crippen molar-refractivity contribution in [1.29, 1.82) is 0 Å². The van der Waals surface area contributed by atoms with Crippen LogP contribution in [0.2, 0.25) is 0 Å². The van der Waals surface area contributed by atoms with E-state index in [2.05, 4.69) is 27.6 Å². The van der Waals surface area contributed by atoms with Crippen LogP contribution in [0.4, 0.5) is 0 Å². The molecule has 6 heteroatoms. The Labute approximate surface area is 98.8 Å². The van der Waals surface area contributed by atoms with Gasteiger partial charge in [-0.3, -0.25) is 4.40 Å². The van der Waals surface area contributed by atoms with Gasteiger partial charge in [0, 0.05) is 12.3 Å². The lowest BCUT2D eigenvalue weighted by molar-refractivity contribution is 0.0692. The van der Waals surface area contributed by atoms with Gasteiger partial charge in [-0.05, 0) is 22.6 Å². The number of halogens is 1. The number of aromatic carboxylic acids is 1. The summed E-state index contributed by atoms with van der Waals surface area (Å²) in [6, 6.07) is 1.60. The zero-order valence-corrected chi connectivity index (χ0v) is 9.93. The summed E-state index contributed by atoms with van der Waals surface area (Å²) in [6.07, 6.45) is 3.17. The van der Waals surface area contributed by atoms with Crippen LogP contribution >= 0.6 is 22.6 Å². The van der Waals surface area contributed by atoms with E-state index in [1.165, 1.54) is 13.3 Å². The smallest absolute Gasteiger partial charge is 0.341 e. The van der Waals surface area contributed by atoms with Gasteiger partial charge in [-0.15, -0.1) is 0 Å². The summed E-state index contributed by atoms with van der Waals surface area (Å²) in [5, 5.41) is 8.97. The molecule has 2 heterocycles. The Balaban J connectivity index is 2.77. The second-order valence-electron chi connectivity index (χ2n) is 2.87. The molecule has 15 heavy (non-hydrogen) atoms. The first-order valence-electron chi connectivity index (χ1n) is 4.07. The quantitative estimate of drug-likeness (QED) is 0.855. The maximum atomic E-state index is 10.9. The van der Waals surface area contributed by atoms with Crippen molar-refractivity contribution in [3.8, 4) is 5.75 Å². The third kappa shape index (κ3) is 1.65. The van der Waals surface area contributed by atoms with E-state index in [0.29, 0.717) is 11.4 Å². The van der Waals surface area contributed by atoms with Gasteiger partial charge in [0.05, 0.1) is 13.3 Å². The van der Waals surface area contributed by atoms with Gasteiger partial charge in [-0.1, -0.05) is 0 Å². The van der Waals surface area contributed by atoms with E-state index < -0.39 is 5.97 Å². The Morgan fingerprint density at radius 3 is 3.00 bits per heavy atom. The van der Waals surface area contributed by atoms with Gasteiger partial charge in [0.25, 0.3) is 0 Å². The van der Waals surface area contributed by atoms with Gasteiger partial charge in [-0.2, -0.15) is 0 Å². The summed E-state index contributed by atoms with van der Waals surface area (Å²) in [5.74, 6) is -0.699. The average molecular weight is 318 g/mol. The molecule has 0 unspecified atom stereocenters. The molecule has 0 bridgehead atoms. The van der Waals surface area contributed by atoms with Crippen molar-refractivity contribution in [2.45, 2.75) is 0 Å². The molecule has 2 aromatic heterocycles. The van der Waals surface area contributed by atoms with E-state index >= 15 is 0 Å². The second kappa shape index (κ2) is 3.69. The molecule has 0 aliphatic carbocycles. The van der Waals surface area contributed by atoms with Crippen LogP contribution in [-0.4, -0.2) is 27.6 Å². The Bertz CT molecular complexity index is 535. The van der Waals surface area contributed by atoms with Crippen molar-refractivity contribution >= 4 is 34.2 Å². The number of ether oxygens (including phenoxy) is 1. The largest absolute Gasteiger partial charge is 0.496 e. The summed E-state index contributed by atoms with van der Waals surface area (Å²) >= 11 is 2.08. The topological polar surface area (TPSA) is 63.8 Å². The number of aromatic nitrogens is 2. The lowest BCUT2D eigenvalue weighted by atomic mass is 10.2. The van der Waals surface area contributed by atoms with Crippen molar-refractivity contribution < 1.29 is 14.6 Å². The van der Waals surface area contributed by atoms with Crippen LogP contribution < -0.4 is 4.74 Å². The first kappa shape index (κ1) is 10.2. The van der Waals surface area contributed by atoms with Gasteiger partial charge in [0.1, 0.15) is 20.7 Å². The van der Waals surface area contributed by atoms with Gasteiger partial charge in [-0.25, -0.2) is 9.78 Å². The van der Waals surface area contributed by atoms with E-state index in [0.717, 1.165) is 3.70 Å². The highest BCUT2D eigenvalue weighted by Crippen LogP contribution is 2.21. The van der Waals surface area contributed by atoms with E-state index in [9.17, 15) is 4.79 Å². The van der Waals surface area contributed by atoms with E-state index in [1.54, 1.807) is 16.7 Å². The molecule has 1 N–H and O–H groups in total. The minimum absolute atomic E-state index is 0.126. The predicted octanol–water partition coefficient (Wildman–Crippen LogP) is 1.65. The number of methoxy groups -OCH3 is 1. The molecule has 2 aromatic rings. The molecular formula is C9H7IN2O3. The fourth-order valence-electron chi connectivity index (χ4n) is 1.31. The molecule has 0 radical (unpaired) electrons. The Kier molecular flexibility index (Phi) is 2.51. The summed E-state index contributed by atoms with van der Waals surface area (Å²) in [5.41, 5.74) is 0.794. The molecule has 0 spiro atoms. The fraction of sp³-hybridized carbons (Fsp3) is 0.111. The number of carboxylic acid groups (broad SMARTS) is 1. The van der Waals surface area contributed by atoms with Gasteiger partial charge < -0.3 is 9.84 Å². The van der Waals surface area contributed by atoms with Crippen molar-refractivity contribution in [2.24, 2.45) is 0 Å².